The van der Waals surface area contributed by atoms with Crippen LogP contribution in [0.3, 0.4) is 0 Å². The van der Waals surface area contributed by atoms with Crippen LogP contribution in [-0.4, -0.2) is 51.8 Å². The Bertz CT molecular complexity index is 1660. The molecular weight excluding hydrogens is 571 g/mol. The third-order valence-electron chi connectivity index (χ3n) is 6.71. The summed E-state index contributed by atoms with van der Waals surface area (Å²) in [4.78, 5) is 28.3. The summed E-state index contributed by atoms with van der Waals surface area (Å²) in [5.74, 6) is 0.475. The van der Waals surface area contributed by atoms with Gasteiger partial charge in [-0.2, -0.15) is 9.36 Å². The zero-order valence-electron chi connectivity index (χ0n) is 22.6. The maximum atomic E-state index is 13.6. The summed E-state index contributed by atoms with van der Waals surface area (Å²) in [6.45, 7) is 0.919. The predicted octanol–water partition coefficient (Wildman–Crippen LogP) is 4.94. The summed E-state index contributed by atoms with van der Waals surface area (Å²) < 4.78 is 27.5. The summed E-state index contributed by atoms with van der Waals surface area (Å²) in [5.41, 5.74) is 3.76. The van der Waals surface area contributed by atoms with Gasteiger partial charge in [0.1, 0.15) is 0 Å². The van der Waals surface area contributed by atoms with Crippen LogP contribution in [-0.2, 0) is 16.4 Å². The van der Waals surface area contributed by atoms with Gasteiger partial charge in [0.25, 0.3) is 0 Å². The minimum Gasteiger partial charge on any atom is -0.324 e. The molecule has 3 aromatic carbocycles. The quantitative estimate of drug-likeness (QED) is 0.219. The van der Waals surface area contributed by atoms with E-state index in [2.05, 4.69) is 48.9 Å². The van der Waals surface area contributed by atoms with E-state index >= 15 is 0 Å². The third kappa shape index (κ3) is 7.60. The number of anilines is 1. The van der Waals surface area contributed by atoms with Gasteiger partial charge in [-0.3, -0.25) is 15.3 Å². The Balaban J connectivity index is 1.32. The second kappa shape index (κ2) is 13.4. The lowest BCUT2D eigenvalue weighted by molar-refractivity contribution is 0.210. The van der Waals surface area contributed by atoms with E-state index in [1.54, 1.807) is 35.6 Å². The fourth-order valence-corrected chi connectivity index (χ4v) is 5.66. The van der Waals surface area contributed by atoms with Crippen molar-refractivity contribution in [3.8, 4) is 11.4 Å². The van der Waals surface area contributed by atoms with Crippen molar-refractivity contribution in [1.82, 2.24) is 24.2 Å². The smallest absolute Gasteiger partial charge is 0.323 e. The van der Waals surface area contributed by atoms with E-state index < -0.39 is 10.0 Å². The lowest BCUT2D eigenvalue weighted by atomic mass is 9.88. The third-order valence-corrected chi connectivity index (χ3v) is 8.27. The van der Waals surface area contributed by atoms with Gasteiger partial charge in [0.2, 0.25) is 15.2 Å². The van der Waals surface area contributed by atoms with Crippen molar-refractivity contribution in [1.29, 1.82) is 0 Å². The summed E-state index contributed by atoms with van der Waals surface area (Å²) in [6.07, 6.45) is 6.21. The van der Waals surface area contributed by atoms with Gasteiger partial charge in [-0.1, -0.05) is 60.7 Å². The molecule has 0 aliphatic carbocycles. The molecule has 0 aliphatic rings. The molecule has 5 aromatic rings. The van der Waals surface area contributed by atoms with Crippen LogP contribution in [0.5, 0.6) is 0 Å². The van der Waals surface area contributed by atoms with Crippen LogP contribution in [0.2, 0.25) is 0 Å². The number of amides is 2. The zero-order chi connectivity index (χ0) is 29.4. The number of hydrogen-bond donors (Lipinski definition) is 2. The number of nitrogens with zero attached hydrogens (tertiary/aromatic N) is 5. The molecular formula is C30H29N7O3S2. The number of sulfonamides is 1. The fourth-order valence-electron chi connectivity index (χ4n) is 4.56. The first-order valence-electron chi connectivity index (χ1n) is 13.2. The fraction of sp³-hybridized carbons (Fsp3) is 0.167. The van der Waals surface area contributed by atoms with Crippen molar-refractivity contribution in [3.05, 3.63) is 120 Å². The molecule has 0 saturated heterocycles. The number of benzene rings is 3. The monoisotopic (exact) mass is 599 g/mol. The molecule has 2 amide bonds. The predicted molar refractivity (Wildman–Crippen MR) is 162 cm³/mol. The highest BCUT2D eigenvalue weighted by Gasteiger charge is 2.21. The second-order valence-corrected chi connectivity index (χ2v) is 11.8. The van der Waals surface area contributed by atoms with Crippen molar-refractivity contribution in [2.75, 3.05) is 18.4 Å². The molecule has 0 bridgehead atoms. The van der Waals surface area contributed by atoms with Gasteiger partial charge in [0.05, 0.1) is 10.6 Å². The molecule has 2 aromatic heterocycles. The number of primary sulfonamides is 1. The molecule has 0 fully saturated rings. The molecule has 2 heterocycles. The van der Waals surface area contributed by atoms with E-state index in [0.717, 1.165) is 17.2 Å². The molecule has 42 heavy (non-hydrogen) atoms. The normalized spacial score (nSPS) is 11.4. The van der Waals surface area contributed by atoms with E-state index in [4.69, 9.17) is 5.14 Å². The van der Waals surface area contributed by atoms with Crippen LogP contribution in [0.15, 0.2) is 108 Å². The molecule has 0 atom stereocenters. The largest absolute Gasteiger partial charge is 0.324 e. The average Bonchev–Trinajstić information content (AvgIpc) is 3.48. The van der Waals surface area contributed by atoms with Crippen LogP contribution in [0, 0.1) is 0 Å². The maximum absolute atomic E-state index is 13.6. The Labute approximate surface area is 248 Å². The molecule has 5 rings (SSSR count). The zero-order valence-corrected chi connectivity index (χ0v) is 24.2. The van der Waals surface area contributed by atoms with Gasteiger partial charge in [-0.05, 0) is 41.8 Å². The first kappa shape index (κ1) is 29.0. The first-order valence-corrected chi connectivity index (χ1v) is 15.6. The second-order valence-electron chi connectivity index (χ2n) is 9.52. The Morgan fingerprint density at radius 3 is 2.17 bits per heavy atom. The van der Waals surface area contributed by atoms with Crippen LogP contribution in [0.4, 0.5) is 9.93 Å². The van der Waals surface area contributed by atoms with Crippen molar-refractivity contribution >= 4 is 32.7 Å². The Kier molecular flexibility index (Phi) is 9.27. The number of nitrogens with one attached hydrogen (secondary N) is 1. The molecule has 12 heteroatoms. The number of urea groups is 1. The number of rotatable bonds is 11. The molecule has 0 spiro atoms. The van der Waals surface area contributed by atoms with E-state index in [1.165, 1.54) is 23.3 Å². The summed E-state index contributed by atoms with van der Waals surface area (Å²) >= 11 is 1.05. The average molecular weight is 600 g/mol. The van der Waals surface area contributed by atoms with Crippen molar-refractivity contribution in [2.24, 2.45) is 5.14 Å². The van der Waals surface area contributed by atoms with Crippen LogP contribution in [0.1, 0.15) is 29.2 Å². The molecule has 0 unspecified atom stereocenters. The van der Waals surface area contributed by atoms with Gasteiger partial charge in [-0.15, -0.1) is 0 Å². The molecule has 0 saturated carbocycles. The topological polar surface area (TPSA) is 144 Å². The van der Waals surface area contributed by atoms with Crippen LogP contribution >= 0.6 is 11.5 Å². The lowest BCUT2D eigenvalue weighted by Gasteiger charge is -2.26. The molecule has 0 radical (unpaired) electrons. The van der Waals surface area contributed by atoms with Crippen LogP contribution < -0.4 is 10.5 Å². The number of carbonyl (C=O) groups excluding carboxylic acids is 1. The summed E-state index contributed by atoms with van der Waals surface area (Å²) in [5, 5.41) is 8.41. The van der Waals surface area contributed by atoms with Crippen molar-refractivity contribution in [2.45, 2.75) is 23.7 Å². The number of hydrogen-bond acceptors (Lipinski definition) is 8. The molecule has 0 aliphatic heterocycles. The Morgan fingerprint density at radius 1 is 0.905 bits per heavy atom. The van der Waals surface area contributed by atoms with E-state index in [1.807, 2.05) is 36.4 Å². The van der Waals surface area contributed by atoms with Crippen LogP contribution in [0.25, 0.3) is 11.4 Å². The SMILES string of the molecule is NS(=O)(=O)c1ccc(-c2nsc(NC(=O)N(CCc3cnccn3)CCC(c3ccccc3)c3ccccc3)n2)cc1. The number of aromatic nitrogens is 4. The first-order chi connectivity index (χ1) is 20.4. The van der Waals surface area contributed by atoms with Crippen molar-refractivity contribution < 1.29 is 13.2 Å². The van der Waals surface area contributed by atoms with Gasteiger partial charge in [0.15, 0.2) is 5.82 Å². The van der Waals surface area contributed by atoms with Gasteiger partial charge in [-0.25, -0.2) is 18.4 Å². The number of nitrogens with two attached hydrogens (primary N) is 1. The van der Waals surface area contributed by atoms with E-state index in [9.17, 15) is 13.2 Å². The summed E-state index contributed by atoms with van der Waals surface area (Å²) in [7, 11) is -3.80. The highest BCUT2D eigenvalue weighted by molar-refractivity contribution is 7.89. The minimum absolute atomic E-state index is 0.00179. The van der Waals surface area contributed by atoms with E-state index in [0.29, 0.717) is 42.5 Å². The van der Waals surface area contributed by atoms with Gasteiger partial charge in [0, 0.05) is 61.1 Å². The lowest BCUT2D eigenvalue weighted by Crippen LogP contribution is -2.38. The Hall–Kier alpha value is -4.52. The minimum atomic E-state index is -3.80. The van der Waals surface area contributed by atoms with Gasteiger partial charge < -0.3 is 4.90 Å². The standard InChI is InChI=1S/C30H29N7O3S2/c31-42(39,40)26-13-11-24(12-14-26)28-34-29(41-36-28)35-30(38)37(19-15-25-21-32-17-18-33-25)20-16-27(22-7-3-1-4-8-22)23-9-5-2-6-10-23/h1-14,17-18,21,27H,15-16,19-20H2,(H2,31,39,40)(H,34,35,36,38). The highest BCUT2D eigenvalue weighted by atomic mass is 32.2. The Morgan fingerprint density at radius 2 is 1.57 bits per heavy atom. The molecule has 214 valence electrons. The van der Waals surface area contributed by atoms with Gasteiger partial charge >= 0.3 is 6.03 Å². The van der Waals surface area contributed by atoms with Crippen molar-refractivity contribution in [3.63, 3.8) is 0 Å². The highest BCUT2D eigenvalue weighted by Crippen LogP contribution is 2.28. The molecule has 3 N–H and O–H groups in total. The van der Waals surface area contributed by atoms with E-state index in [-0.39, 0.29) is 16.8 Å². The molecule has 10 nitrogen and oxygen atoms in total. The number of carbonyl (C=O) groups is 1. The maximum Gasteiger partial charge on any atom is 0.323 e. The summed E-state index contributed by atoms with van der Waals surface area (Å²) in [6, 6.07) is 26.2.